The molecule has 1 rings (SSSR count). The Morgan fingerprint density at radius 3 is 2.38 bits per heavy atom. The second-order valence-electron chi connectivity index (χ2n) is 8.28. The van der Waals surface area contributed by atoms with Crippen LogP contribution in [0.3, 0.4) is 0 Å². The fourth-order valence-corrected chi connectivity index (χ4v) is 3.65. The molecule has 3 amide bonds. The summed E-state index contributed by atoms with van der Waals surface area (Å²) >= 11 is 0. The summed E-state index contributed by atoms with van der Waals surface area (Å²) < 4.78 is 0. The number of hydrogen-bond donors (Lipinski definition) is 6. The molecule has 32 heavy (non-hydrogen) atoms. The van der Waals surface area contributed by atoms with Crippen LogP contribution < -0.4 is 27.4 Å². The van der Waals surface area contributed by atoms with Crippen LogP contribution in [0.2, 0.25) is 0 Å². The summed E-state index contributed by atoms with van der Waals surface area (Å²) in [5.41, 5.74) is 10.5. The highest BCUT2D eigenvalue weighted by Crippen LogP contribution is 2.27. The predicted octanol–water partition coefficient (Wildman–Crippen LogP) is -0.934. The topological polar surface area (TPSA) is 189 Å². The largest absolute Gasteiger partial charge is 0.394 e. The molecule has 0 aromatic heterocycles. The molecule has 1 fully saturated rings. The maximum absolute atomic E-state index is 12.4. The maximum atomic E-state index is 12.4. The highest BCUT2D eigenvalue weighted by molar-refractivity contribution is 5.92. The van der Waals surface area contributed by atoms with Crippen molar-refractivity contribution >= 4 is 30.0 Å². The number of nitrogens with zero attached hydrogens (tertiary/aromatic N) is 1. The molecule has 0 radical (unpaired) electrons. The highest BCUT2D eigenvalue weighted by atomic mass is 16.3. The van der Waals surface area contributed by atoms with Gasteiger partial charge in [0.25, 0.3) is 0 Å². The van der Waals surface area contributed by atoms with Gasteiger partial charge in [-0.1, -0.05) is 32.1 Å². The van der Waals surface area contributed by atoms with Crippen molar-refractivity contribution in [3.05, 3.63) is 0 Å². The van der Waals surface area contributed by atoms with E-state index in [9.17, 15) is 24.3 Å². The van der Waals surface area contributed by atoms with Gasteiger partial charge in [-0.3, -0.25) is 19.4 Å². The van der Waals surface area contributed by atoms with Gasteiger partial charge in [-0.15, -0.1) is 0 Å². The fraction of sp³-hybridized carbons (Fsp3) is 0.762. The summed E-state index contributed by atoms with van der Waals surface area (Å²) in [6.45, 7) is 1.19. The first-order valence-electron chi connectivity index (χ1n) is 11.3. The highest BCUT2D eigenvalue weighted by Gasteiger charge is 2.25. The Kier molecular flexibility index (Phi) is 13.0. The Bertz CT molecular complexity index is 647. The minimum Gasteiger partial charge on any atom is -0.394 e. The second kappa shape index (κ2) is 15.2. The van der Waals surface area contributed by atoms with Crippen LogP contribution in [0.4, 0.5) is 0 Å². The molecule has 1 aliphatic carbocycles. The van der Waals surface area contributed by atoms with E-state index in [-0.39, 0.29) is 11.9 Å². The first-order valence-corrected chi connectivity index (χ1v) is 11.3. The third kappa shape index (κ3) is 11.1. The normalized spacial score (nSPS) is 16.8. The van der Waals surface area contributed by atoms with E-state index >= 15 is 0 Å². The van der Waals surface area contributed by atoms with E-state index in [4.69, 9.17) is 11.5 Å². The molecule has 8 N–H and O–H groups in total. The van der Waals surface area contributed by atoms with Crippen LogP contribution in [0.15, 0.2) is 4.99 Å². The van der Waals surface area contributed by atoms with Crippen LogP contribution >= 0.6 is 0 Å². The molecular weight excluding hydrogens is 416 g/mol. The summed E-state index contributed by atoms with van der Waals surface area (Å²) in [6.07, 6.45) is 8.36. The Morgan fingerprint density at radius 1 is 1.09 bits per heavy atom. The van der Waals surface area contributed by atoms with Crippen LogP contribution in [0, 0.1) is 5.92 Å². The van der Waals surface area contributed by atoms with Crippen molar-refractivity contribution in [2.75, 3.05) is 13.2 Å². The zero-order chi connectivity index (χ0) is 23.9. The standard InChI is InChI=1S/C21H38N6O5/c1-14(19(31)26-16(12-28)8-5-11-24-21(22)23)25-20(32)17(13-29)27-18(30)10-9-15-6-3-2-4-7-15/h12,14-17,29H,2-11,13H2,1H3,(H,25,32)(H,26,31)(H,27,30)(H4,22,23,24)/t14-,16-,17+/m0/s1. The van der Waals surface area contributed by atoms with Crippen LogP contribution in [0.25, 0.3) is 0 Å². The zero-order valence-corrected chi connectivity index (χ0v) is 18.8. The van der Waals surface area contributed by atoms with Crippen molar-refractivity contribution in [3.8, 4) is 0 Å². The van der Waals surface area contributed by atoms with Gasteiger partial charge >= 0.3 is 0 Å². The van der Waals surface area contributed by atoms with E-state index in [0.29, 0.717) is 38.0 Å². The number of guanidine groups is 1. The SMILES string of the molecule is C[C@H](NC(=O)[C@@H](CO)NC(=O)CCC1CCCCC1)C(=O)N[C@H](C=O)CCCN=C(N)N. The Morgan fingerprint density at radius 2 is 1.78 bits per heavy atom. The molecule has 0 unspecified atom stereocenters. The molecule has 0 aromatic carbocycles. The smallest absolute Gasteiger partial charge is 0.245 e. The number of aliphatic hydroxyl groups excluding tert-OH is 1. The molecule has 0 aromatic rings. The van der Waals surface area contributed by atoms with Crippen LogP contribution in [-0.2, 0) is 19.2 Å². The number of nitrogens with one attached hydrogen (secondary N) is 3. The summed E-state index contributed by atoms with van der Waals surface area (Å²) in [6, 6.07) is -2.86. The average Bonchev–Trinajstić information content (AvgIpc) is 2.78. The molecule has 0 aliphatic heterocycles. The number of aliphatic imine (C=N–C) groups is 1. The summed E-state index contributed by atoms with van der Waals surface area (Å²) in [5, 5.41) is 17.0. The van der Waals surface area contributed by atoms with Gasteiger partial charge in [0.1, 0.15) is 18.4 Å². The number of nitrogens with two attached hydrogens (primary N) is 2. The number of aldehydes is 1. The lowest BCUT2D eigenvalue weighted by Gasteiger charge is -2.23. The van der Waals surface area contributed by atoms with Crippen molar-refractivity contribution < 1.29 is 24.3 Å². The molecule has 182 valence electrons. The van der Waals surface area contributed by atoms with E-state index in [2.05, 4.69) is 20.9 Å². The van der Waals surface area contributed by atoms with Gasteiger partial charge in [0, 0.05) is 13.0 Å². The zero-order valence-electron chi connectivity index (χ0n) is 18.8. The quantitative estimate of drug-likeness (QED) is 0.0845. The van der Waals surface area contributed by atoms with Crippen molar-refractivity contribution in [2.24, 2.45) is 22.4 Å². The van der Waals surface area contributed by atoms with Crippen LogP contribution in [0.5, 0.6) is 0 Å². The predicted molar refractivity (Wildman–Crippen MR) is 120 cm³/mol. The Labute approximate surface area is 189 Å². The van der Waals surface area contributed by atoms with Crippen LogP contribution in [-0.4, -0.2) is 66.4 Å². The molecule has 11 nitrogen and oxygen atoms in total. The van der Waals surface area contributed by atoms with E-state index in [1.807, 2.05) is 0 Å². The Balaban J connectivity index is 2.41. The molecular formula is C21H38N6O5. The maximum Gasteiger partial charge on any atom is 0.245 e. The minimum atomic E-state index is -1.15. The molecule has 0 heterocycles. The molecule has 1 aliphatic rings. The number of hydrogen-bond acceptors (Lipinski definition) is 6. The van der Waals surface area contributed by atoms with Gasteiger partial charge in [-0.05, 0) is 32.1 Å². The number of carbonyl (C=O) groups is 4. The van der Waals surface area contributed by atoms with Gasteiger partial charge in [0.2, 0.25) is 17.7 Å². The first-order chi connectivity index (χ1) is 15.3. The lowest BCUT2D eigenvalue weighted by molar-refractivity contribution is -0.133. The van der Waals surface area contributed by atoms with Crippen molar-refractivity contribution in [3.63, 3.8) is 0 Å². The van der Waals surface area contributed by atoms with E-state index in [1.165, 1.54) is 26.2 Å². The van der Waals surface area contributed by atoms with Gasteiger partial charge < -0.3 is 37.3 Å². The fourth-order valence-electron chi connectivity index (χ4n) is 3.65. The Hall–Kier alpha value is -2.69. The van der Waals surface area contributed by atoms with Crippen molar-refractivity contribution in [1.82, 2.24) is 16.0 Å². The molecule has 3 atom stereocenters. The van der Waals surface area contributed by atoms with Crippen molar-refractivity contribution in [2.45, 2.75) is 82.8 Å². The van der Waals surface area contributed by atoms with Gasteiger partial charge in [-0.25, -0.2) is 0 Å². The molecule has 0 spiro atoms. The van der Waals surface area contributed by atoms with Gasteiger partial charge in [0.05, 0.1) is 12.6 Å². The second-order valence-corrected chi connectivity index (χ2v) is 8.28. The number of aliphatic hydroxyl groups is 1. The van der Waals surface area contributed by atoms with Gasteiger partial charge in [-0.2, -0.15) is 0 Å². The van der Waals surface area contributed by atoms with E-state index in [0.717, 1.165) is 19.3 Å². The summed E-state index contributed by atoms with van der Waals surface area (Å²) in [4.78, 5) is 51.9. The van der Waals surface area contributed by atoms with E-state index < -0.39 is 36.5 Å². The minimum absolute atomic E-state index is 0.0486. The number of amides is 3. The van der Waals surface area contributed by atoms with Gasteiger partial charge in [0.15, 0.2) is 5.96 Å². The lowest BCUT2D eigenvalue weighted by atomic mass is 9.86. The summed E-state index contributed by atoms with van der Waals surface area (Å²) in [7, 11) is 0. The number of carbonyl (C=O) groups excluding carboxylic acids is 4. The first kappa shape index (κ1) is 27.3. The monoisotopic (exact) mass is 454 g/mol. The third-order valence-corrected chi connectivity index (χ3v) is 5.55. The van der Waals surface area contributed by atoms with E-state index in [1.54, 1.807) is 0 Å². The molecule has 1 saturated carbocycles. The lowest BCUT2D eigenvalue weighted by Crippen LogP contribution is -2.55. The van der Waals surface area contributed by atoms with Crippen LogP contribution in [0.1, 0.15) is 64.7 Å². The molecule has 0 saturated heterocycles. The number of rotatable bonds is 14. The molecule has 11 heteroatoms. The third-order valence-electron chi connectivity index (χ3n) is 5.55. The summed E-state index contributed by atoms with van der Waals surface area (Å²) in [5.74, 6) is -1.05. The average molecular weight is 455 g/mol. The van der Waals surface area contributed by atoms with Crippen molar-refractivity contribution in [1.29, 1.82) is 0 Å². The molecule has 0 bridgehead atoms.